The first-order valence-electron chi connectivity index (χ1n) is 6.46. The third-order valence-electron chi connectivity index (χ3n) is 2.79. The third kappa shape index (κ3) is 5.55. The Bertz CT molecular complexity index is 454. The summed E-state index contributed by atoms with van der Waals surface area (Å²) in [5.41, 5.74) is 1.98. The number of benzene rings is 1. The van der Waals surface area contributed by atoms with Crippen molar-refractivity contribution in [1.29, 1.82) is 0 Å². The first kappa shape index (κ1) is 15.2. The van der Waals surface area contributed by atoms with Crippen molar-refractivity contribution >= 4 is 11.9 Å². The topological polar surface area (TPSA) is 66.4 Å². The molecule has 0 aromatic heterocycles. The number of carbonyl (C=O) groups excluding carboxylic acids is 1. The molecule has 1 amide bonds. The average molecular weight is 263 g/mol. The molecule has 0 fully saturated rings. The number of hydrogen-bond acceptors (Lipinski definition) is 2. The molecule has 0 spiro atoms. The van der Waals surface area contributed by atoms with E-state index in [9.17, 15) is 9.59 Å². The Labute approximate surface area is 113 Å². The molecule has 4 nitrogen and oxygen atoms in total. The van der Waals surface area contributed by atoms with Crippen LogP contribution in [0.4, 0.5) is 0 Å². The maximum absolute atomic E-state index is 11.8. The summed E-state index contributed by atoms with van der Waals surface area (Å²) >= 11 is 0. The fourth-order valence-electron chi connectivity index (χ4n) is 1.95. The van der Waals surface area contributed by atoms with E-state index >= 15 is 0 Å². The molecule has 2 N–H and O–H groups in total. The summed E-state index contributed by atoms with van der Waals surface area (Å²) < 4.78 is 0. The molecule has 19 heavy (non-hydrogen) atoms. The molecule has 1 atom stereocenters. The predicted octanol–water partition coefficient (Wildman–Crippen LogP) is 2.15. The summed E-state index contributed by atoms with van der Waals surface area (Å²) in [6, 6.07) is 6.83. The lowest BCUT2D eigenvalue weighted by Gasteiger charge is -2.16. The first-order valence-corrected chi connectivity index (χ1v) is 6.46. The van der Waals surface area contributed by atoms with Crippen LogP contribution >= 0.6 is 0 Å². The normalized spacial score (nSPS) is 12.2. The molecular weight excluding hydrogens is 242 g/mol. The molecular formula is C15H21NO3. The number of rotatable bonds is 6. The monoisotopic (exact) mass is 263 g/mol. The van der Waals surface area contributed by atoms with E-state index in [2.05, 4.69) is 5.32 Å². The number of aliphatic carboxylic acids is 1. The maximum Gasteiger partial charge on any atom is 0.326 e. The minimum absolute atomic E-state index is 0.212. The SMILES string of the molecule is Cc1cccc(CC(=O)NC(CC(C)C)C(=O)O)c1. The Morgan fingerprint density at radius 3 is 2.53 bits per heavy atom. The summed E-state index contributed by atoms with van der Waals surface area (Å²) in [4.78, 5) is 22.9. The van der Waals surface area contributed by atoms with Crippen LogP contribution in [0, 0.1) is 12.8 Å². The quantitative estimate of drug-likeness (QED) is 0.826. The zero-order valence-corrected chi connectivity index (χ0v) is 11.6. The van der Waals surface area contributed by atoms with Gasteiger partial charge in [-0.25, -0.2) is 4.79 Å². The summed E-state index contributed by atoms with van der Waals surface area (Å²) in [5, 5.41) is 11.6. The molecule has 0 aliphatic carbocycles. The van der Waals surface area contributed by atoms with Gasteiger partial charge in [0.1, 0.15) is 6.04 Å². The molecule has 0 aliphatic rings. The highest BCUT2D eigenvalue weighted by molar-refractivity contribution is 5.84. The Balaban J connectivity index is 2.60. The number of amides is 1. The molecule has 0 saturated heterocycles. The van der Waals surface area contributed by atoms with Gasteiger partial charge in [-0.05, 0) is 24.8 Å². The van der Waals surface area contributed by atoms with E-state index in [-0.39, 0.29) is 18.2 Å². The molecule has 1 unspecified atom stereocenters. The molecule has 4 heteroatoms. The molecule has 1 aromatic carbocycles. The standard InChI is InChI=1S/C15H21NO3/c1-10(2)7-13(15(18)19)16-14(17)9-12-6-4-5-11(3)8-12/h4-6,8,10,13H,7,9H2,1-3H3,(H,16,17)(H,18,19). The second-order valence-electron chi connectivity index (χ2n) is 5.25. The molecule has 0 bridgehead atoms. The molecule has 104 valence electrons. The highest BCUT2D eigenvalue weighted by Gasteiger charge is 2.20. The third-order valence-corrected chi connectivity index (χ3v) is 2.79. The molecule has 1 rings (SSSR count). The van der Waals surface area contributed by atoms with Gasteiger partial charge in [0.05, 0.1) is 6.42 Å². The van der Waals surface area contributed by atoms with Crippen molar-refractivity contribution in [2.45, 2.75) is 39.7 Å². The molecule has 0 aliphatic heterocycles. The number of nitrogens with one attached hydrogen (secondary N) is 1. The second kappa shape index (κ2) is 6.92. The van der Waals surface area contributed by atoms with Gasteiger partial charge in [0.15, 0.2) is 0 Å². The smallest absolute Gasteiger partial charge is 0.326 e. The van der Waals surface area contributed by atoms with Crippen LogP contribution in [0.25, 0.3) is 0 Å². The number of carbonyl (C=O) groups is 2. The van der Waals surface area contributed by atoms with Gasteiger partial charge in [-0.1, -0.05) is 43.7 Å². The van der Waals surface area contributed by atoms with Crippen molar-refractivity contribution in [3.05, 3.63) is 35.4 Å². The fraction of sp³-hybridized carbons (Fsp3) is 0.467. The van der Waals surface area contributed by atoms with E-state index in [4.69, 9.17) is 5.11 Å². The average Bonchev–Trinajstić information content (AvgIpc) is 2.27. The largest absolute Gasteiger partial charge is 0.480 e. The zero-order valence-electron chi connectivity index (χ0n) is 11.6. The van der Waals surface area contributed by atoms with Crippen molar-refractivity contribution in [2.24, 2.45) is 5.92 Å². The van der Waals surface area contributed by atoms with E-state index in [0.29, 0.717) is 6.42 Å². The van der Waals surface area contributed by atoms with Crippen LogP contribution < -0.4 is 5.32 Å². The van der Waals surface area contributed by atoms with Gasteiger partial charge in [-0.3, -0.25) is 4.79 Å². The van der Waals surface area contributed by atoms with E-state index in [1.165, 1.54) is 0 Å². The number of aryl methyl sites for hydroxylation is 1. The van der Waals surface area contributed by atoms with E-state index in [1.807, 2.05) is 45.0 Å². The van der Waals surface area contributed by atoms with Gasteiger partial charge in [0, 0.05) is 0 Å². The minimum Gasteiger partial charge on any atom is -0.480 e. The summed E-state index contributed by atoms with van der Waals surface area (Å²) in [5.74, 6) is -1.01. The van der Waals surface area contributed by atoms with E-state index in [0.717, 1.165) is 11.1 Å². The lowest BCUT2D eigenvalue weighted by Crippen LogP contribution is -2.42. The summed E-state index contributed by atoms with van der Waals surface area (Å²) in [7, 11) is 0. The van der Waals surface area contributed by atoms with Crippen LogP contribution in [0.2, 0.25) is 0 Å². The van der Waals surface area contributed by atoms with Crippen molar-refractivity contribution in [1.82, 2.24) is 5.32 Å². The summed E-state index contributed by atoms with van der Waals surface area (Å²) in [6.45, 7) is 5.82. The predicted molar refractivity (Wildman–Crippen MR) is 73.9 cm³/mol. The Hall–Kier alpha value is -1.84. The van der Waals surface area contributed by atoms with Crippen LogP contribution in [0.5, 0.6) is 0 Å². The van der Waals surface area contributed by atoms with E-state index < -0.39 is 12.0 Å². The van der Waals surface area contributed by atoms with Crippen LogP contribution in [0.1, 0.15) is 31.4 Å². The Morgan fingerprint density at radius 2 is 2.00 bits per heavy atom. The van der Waals surface area contributed by atoms with Gasteiger partial charge in [-0.15, -0.1) is 0 Å². The molecule has 0 heterocycles. The van der Waals surface area contributed by atoms with Crippen molar-refractivity contribution in [3.63, 3.8) is 0 Å². The number of carboxylic acid groups (broad SMARTS) is 1. The minimum atomic E-state index is -0.980. The van der Waals surface area contributed by atoms with Crippen LogP contribution in [-0.2, 0) is 16.0 Å². The number of hydrogen-bond donors (Lipinski definition) is 2. The van der Waals surface area contributed by atoms with Crippen molar-refractivity contribution in [3.8, 4) is 0 Å². The second-order valence-corrected chi connectivity index (χ2v) is 5.25. The van der Waals surface area contributed by atoms with Crippen molar-refractivity contribution < 1.29 is 14.7 Å². The van der Waals surface area contributed by atoms with Crippen LogP contribution in [0.15, 0.2) is 24.3 Å². The van der Waals surface area contributed by atoms with E-state index in [1.54, 1.807) is 0 Å². The fourth-order valence-corrected chi connectivity index (χ4v) is 1.95. The number of carboxylic acids is 1. The highest BCUT2D eigenvalue weighted by Crippen LogP contribution is 2.07. The van der Waals surface area contributed by atoms with Gasteiger partial charge in [0.2, 0.25) is 5.91 Å². The van der Waals surface area contributed by atoms with Gasteiger partial charge >= 0.3 is 5.97 Å². The molecule has 1 aromatic rings. The molecule has 0 radical (unpaired) electrons. The maximum atomic E-state index is 11.8. The Kier molecular flexibility index (Phi) is 5.55. The molecule has 0 saturated carbocycles. The van der Waals surface area contributed by atoms with Crippen LogP contribution in [0.3, 0.4) is 0 Å². The first-order chi connectivity index (χ1) is 8.88. The van der Waals surface area contributed by atoms with Gasteiger partial charge < -0.3 is 10.4 Å². The Morgan fingerprint density at radius 1 is 1.32 bits per heavy atom. The highest BCUT2D eigenvalue weighted by atomic mass is 16.4. The lowest BCUT2D eigenvalue weighted by atomic mass is 10.0. The van der Waals surface area contributed by atoms with Gasteiger partial charge in [-0.2, -0.15) is 0 Å². The summed E-state index contributed by atoms with van der Waals surface area (Å²) in [6.07, 6.45) is 0.651. The van der Waals surface area contributed by atoms with Crippen LogP contribution in [-0.4, -0.2) is 23.0 Å². The lowest BCUT2D eigenvalue weighted by molar-refractivity contribution is -0.142. The van der Waals surface area contributed by atoms with Gasteiger partial charge in [0.25, 0.3) is 0 Å². The van der Waals surface area contributed by atoms with Crippen molar-refractivity contribution in [2.75, 3.05) is 0 Å². The zero-order chi connectivity index (χ0) is 14.4.